The summed E-state index contributed by atoms with van der Waals surface area (Å²) in [7, 11) is 0. The summed E-state index contributed by atoms with van der Waals surface area (Å²) in [5.41, 5.74) is 2.56. The van der Waals surface area contributed by atoms with Crippen LogP contribution in [0.5, 0.6) is 5.75 Å². The van der Waals surface area contributed by atoms with Crippen molar-refractivity contribution in [3.05, 3.63) is 28.8 Å². The summed E-state index contributed by atoms with van der Waals surface area (Å²) in [6, 6.07) is 3.95. The summed E-state index contributed by atoms with van der Waals surface area (Å²) in [6.07, 6.45) is 0.892. The van der Waals surface area contributed by atoms with Crippen molar-refractivity contribution in [1.29, 1.82) is 0 Å². The van der Waals surface area contributed by atoms with Crippen LogP contribution in [0.1, 0.15) is 83.8 Å². The van der Waals surface area contributed by atoms with Gasteiger partial charge in [0.1, 0.15) is 11.4 Å². The highest BCUT2D eigenvalue weighted by atomic mass is 16.5. The smallest absolute Gasteiger partial charge is 0.153 e. The minimum Gasteiger partial charge on any atom is -0.487 e. The summed E-state index contributed by atoms with van der Waals surface area (Å²) < 4.78 is 6.19. The number of carbonyl (C=O) groups is 1. The third-order valence-corrected chi connectivity index (χ3v) is 3.28. The van der Waals surface area contributed by atoms with Gasteiger partial charge in [-0.25, -0.2) is 0 Å². The molecule has 0 aliphatic rings. The maximum atomic E-state index is 11.5. The van der Waals surface area contributed by atoms with Gasteiger partial charge in [-0.05, 0) is 43.2 Å². The van der Waals surface area contributed by atoms with Gasteiger partial charge in [0, 0.05) is 5.56 Å². The van der Waals surface area contributed by atoms with Crippen LogP contribution >= 0.6 is 0 Å². The second kappa shape index (κ2) is 5.47. The molecular weight excluding hydrogens is 260 g/mol. The zero-order valence-electron chi connectivity index (χ0n) is 15.0. The van der Waals surface area contributed by atoms with Crippen molar-refractivity contribution in [1.82, 2.24) is 0 Å². The topological polar surface area (TPSA) is 26.3 Å². The molecule has 0 unspecified atom stereocenters. The van der Waals surface area contributed by atoms with E-state index in [1.165, 1.54) is 5.56 Å². The van der Waals surface area contributed by atoms with Gasteiger partial charge in [0.2, 0.25) is 0 Å². The van der Waals surface area contributed by atoms with Crippen molar-refractivity contribution in [3.63, 3.8) is 0 Å². The molecule has 0 fully saturated rings. The van der Waals surface area contributed by atoms with Crippen LogP contribution in [0.15, 0.2) is 12.1 Å². The quantitative estimate of drug-likeness (QED) is 0.693. The molecule has 1 rings (SSSR count). The molecule has 0 saturated carbocycles. The molecule has 21 heavy (non-hydrogen) atoms. The van der Waals surface area contributed by atoms with Crippen molar-refractivity contribution in [3.8, 4) is 5.75 Å². The van der Waals surface area contributed by atoms with Crippen LogP contribution in [0.2, 0.25) is 0 Å². The van der Waals surface area contributed by atoms with Gasteiger partial charge in [-0.2, -0.15) is 0 Å². The maximum absolute atomic E-state index is 11.5. The van der Waals surface area contributed by atoms with Crippen LogP contribution in [-0.4, -0.2) is 11.9 Å². The summed E-state index contributed by atoms with van der Waals surface area (Å²) in [5, 5.41) is 0. The Morgan fingerprint density at radius 3 is 1.71 bits per heavy atom. The van der Waals surface area contributed by atoms with Gasteiger partial charge in [-0.15, -0.1) is 0 Å². The third kappa shape index (κ3) is 4.33. The Morgan fingerprint density at radius 1 is 0.857 bits per heavy atom. The lowest BCUT2D eigenvalue weighted by Gasteiger charge is -2.34. The summed E-state index contributed by atoms with van der Waals surface area (Å²) in [4.78, 5) is 11.5. The molecule has 0 aliphatic heterocycles. The fraction of sp³-hybridized carbons (Fsp3) is 0.632. The molecule has 0 aromatic heterocycles. The summed E-state index contributed by atoms with van der Waals surface area (Å²) in [5.74, 6) is 0.734. The first-order valence-electron chi connectivity index (χ1n) is 7.59. The van der Waals surface area contributed by atoms with Gasteiger partial charge in [-0.1, -0.05) is 47.6 Å². The van der Waals surface area contributed by atoms with E-state index in [1.807, 2.05) is 26.8 Å². The second-order valence-electron chi connectivity index (χ2n) is 8.74. The van der Waals surface area contributed by atoms with Crippen LogP contribution in [-0.2, 0) is 10.8 Å². The van der Waals surface area contributed by atoms with E-state index >= 15 is 0 Å². The monoisotopic (exact) mass is 290 g/mol. The van der Waals surface area contributed by atoms with Crippen molar-refractivity contribution in [2.24, 2.45) is 0 Å². The van der Waals surface area contributed by atoms with Gasteiger partial charge in [0.05, 0.1) is 5.56 Å². The van der Waals surface area contributed by atoms with Crippen LogP contribution in [0.4, 0.5) is 0 Å². The van der Waals surface area contributed by atoms with Crippen molar-refractivity contribution < 1.29 is 9.53 Å². The van der Waals surface area contributed by atoms with Gasteiger partial charge in [0.25, 0.3) is 0 Å². The van der Waals surface area contributed by atoms with E-state index < -0.39 is 0 Å². The average molecular weight is 290 g/mol. The molecule has 118 valence electrons. The molecule has 0 aliphatic carbocycles. The van der Waals surface area contributed by atoms with E-state index in [9.17, 15) is 4.79 Å². The molecule has 0 radical (unpaired) electrons. The van der Waals surface area contributed by atoms with Crippen LogP contribution in [0.25, 0.3) is 0 Å². The molecule has 1 aromatic rings. The molecule has 0 atom stereocenters. The Bertz CT molecular complexity index is 520. The minimum atomic E-state index is -0.339. The Balaban J connectivity index is 3.75. The first-order chi connectivity index (χ1) is 9.27. The summed E-state index contributed by atoms with van der Waals surface area (Å²) in [6.45, 7) is 19.1. The lowest BCUT2D eigenvalue weighted by Crippen LogP contribution is -2.29. The molecule has 0 saturated heterocycles. The van der Waals surface area contributed by atoms with E-state index in [0.29, 0.717) is 5.56 Å². The SMILES string of the molecule is CC(C)(C)Oc1c(C=O)ccc(C(C)(C)C)c1C(C)(C)C. The molecule has 0 spiro atoms. The standard InChI is InChI=1S/C19H30O2/c1-17(2,3)14-11-10-13(12-20)16(21-19(7,8)9)15(14)18(4,5)6/h10-12H,1-9H3. The predicted molar refractivity (Wildman–Crippen MR) is 89.6 cm³/mol. The molecule has 0 amide bonds. The number of rotatable bonds is 2. The number of carbonyl (C=O) groups excluding carboxylic acids is 1. The molecule has 0 bridgehead atoms. The third-order valence-electron chi connectivity index (χ3n) is 3.28. The van der Waals surface area contributed by atoms with Gasteiger partial charge in [0.15, 0.2) is 6.29 Å². The van der Waals surface area contributed by atoms with E-state index in [2.05, 4.69) is 47.6 Å². The van der Waals surface area contributed by atoms with Gasteiger partial charge >= 0.3 is 0 Å². The fourth-order valence-electron chi connectivity index (χ4n) is 2.48. The van der Waals surface area contributed by atoms with Crippen LogP contribution < -0.4 is 4.74 Å². The lowest BCUT2D eigenvalue weighted by molar-refractivity contribution is 0.108. The van der Waals surface area contributed by atoms with Crippen molar-refractivity contribution in [2.75, 3.05) is 0 Å². The number of aldehydes is 1. The Hall–Kier alpha value is -1.31. The largest absolute Gasteiger partial charge is 0.487 e. The average Bonchev–Trinajstić information content (AvgIpc) is 2.23. The Morgan fingerprint density at radius 2 is 1.38 bits per heavy atom. The Kier molecular flexibility index (Phi) is 4.62. The number of benzene rings is 1. The van der Waals surface area contributed by atoms with E-state index in [1.54, 1.807) is 0 Å². The molecule has 0 N–H and O–H groups in total. The zero-order chi connectivity index (χ0) is 16.6. The number of ether oxygens (including phenoxy) is 1. The van der Waals surface area contributed by atoms with Gasteiger partial charge < -0.3 is 4.74 Å². The minimum absolute atomic E-state index is 0.0000217. The van der Waals surface area contributed by atoms with E-state index in [0.717, 1.165) is 17.6 Å². The van der Waals surface area contributed by atoms with E-state index in [-0.39, 0.29) is 16.4 Å². The normalized spacial score (nSPS) is 13.2. The van der Waals surface area contributed by atoms with Crippen molar-refractivity contribution >= 4 is 6.29 Å². The molecule has 2 nitrogen and oxygen atoms in total. The van der Waals surface area contributed by atoms with Crippen LogP contribution in [0.3, 0.4) is 0 Å². The summed E-state index contributed by atoms with van der Waals surface area (Å²) >= 11 is 0. The zero-order valence-corrected chi connectivity index (χ0v) is 15.0. The number of hydrogen-bond donors (Lipinski definition) is 0. The second-order valence-corrected chi connectivity index (χ2v) is 8.74. The van der Waals surface area contributed by atoms with Gasteiger partial charge in [-0.3, -0.25) is 4.79 Å². The maximum Gasteiger partial charge on any atom is 0.153 e. The van der Waals surface area contributed by atoms with Crippen LogP contribution in [0, 0.1) is 0 Å². The lowest BCUT2D eigenvalue weighted by atomic mass is 9.74. The molecule has 1 aromatic carbocycles. The molecule has 2 heteroatoms. The highest BCUT2D eigenvalue weighted by molar-refractivity contribution is 5.81. The number of hydrogen-bond acceptors (Lipinski definition) is 2. The highest BCUT2D eigenvalue weighted by Gasteiger charge is 2.31. The highest BCUT2D eigenvalue weighted by Crippen LogP contribution is 2.42. The Labute approximate surface area is 129 Å². The fourth-order valence-corrected chi connectivity index (χ4v) is 2.48. The first-order valence-corrected chi connectivity index (χ1v) is 7.59. The molecular formula is C19H30O2. The molecule has 0 heterocycles. The first kappa shape index (κ1) is 17.7. The van der Waals surface area contributed by atoms with Crippen molar-refractivity contribution in [2.45, 2.75) is 78.7 Å². The van der Waals surface area contributed by atoms with E-state index in [4.69, 9.17) is 4.74 Å². The predicted octanol–water partition coefficient (Wildman–Crippen LogP) is 5.27.